The van der Waals surface area contributed by atoms with Crippen molar-refractivity contribution in [3.05, 3.63) is 100 Å². The Morgan fingerprint density at radius 1 is 1.00 bits per heavy atom. The lowest BCUT2D eigenvalue weighted by Crippen LogP contribution is -2.26. The van der Waals surface area contributed by atoms with Gasteiger partial charge < -0.3 is 4.90 Å². The van der Waals surface area contributed by atoms with E-state index in [9.17, 15) is 23.3 Å². The number of rotatable bonds is 7. The van der Waals surface area contributed by atoms with E-state index < -0.39 is 14.9 Å². The van der Waals surface area contributed by atoms with Crippen LogP contribution in [0.3, 0.4) is 0 Å². The normalized spacial score (nSPS) is 11.0. The lowest BCUT2D eigenvalue weighted by molar-refractivity contribution is -0.384. The molecule has 1 N–H and O–H groups in total. The van der Waals surface area contributed by atoms with Crippen LogP contribution in [0.15, 0.2) is 83.8 Å². The molecule has 154 valence electrons. The zero-order valence-corrected chi connectivity index (χ0v) is 16.9. The molecule has 3 rings (SSSR count). The number of nitro groups is 1. The highest BCUT2D eigenvalue weighted by molar-refractivity contribution is 7.92. The summed E-state index contributed by atoms with van der Waals surface area (Å²) < 4.78 is 27.5. The summed E-state index contributed by atoms with van der Waals surface area (Å²) in [4.78, 5) is 24.3. The number of benzene rings is 3. The third kappa shape index (κ3) is 5.00. The summed E-state index contributed by atoms with van der Waals surface area (Å²) in [6.07, 6.45) is 0. The minimum Gasteiger partial charge on any atom is -0.337 e. The molecule has 0 heterocycles. The zero-order valence-electron chi connectivity index (χ0n) is 16.1. The molecule has 0 spiro atoms. The van der Waals surface area contributed by atoms with E-state index in [0.29, 0.717) is 12.1 Å². The number of carbonyl (C=O) groups excluding carboxylic acids is 1. The molecule has 0 radical (unpaired) electrons. The van der Waals surface area contributed by atoms with Gasteiger partial charge in [-0.1, -0.05) is 36.4 Å². The first-order chi connectivity index (χ1) is 14.3. The lowest BCUT2D eigenvalue weighted by Gasteiger charge is -2.18. The highest BCUT2D eigenvalue weighted by atomic mass is 32.2. The number of hydrogen-bond donors (Lipinski definition) is 1. The fraction of sp³-hybridized carbons (Fsp3) is 0.0952. The molecule has 0 aliphatic carbocycles. The van der Waals surface area contributed by atoms with Crippen LogP contribution in [0.5, 0.6) is 0 Å². The Kier molecular flexibility index (Phi) is 6.12. The van der Waals surface area contributed by atoms with Crippen LogP contribution in [0.4, 0.5) is 11.4 Å². The Bertz CT molecular complexity index is 1160. The molecule has 0 saturated carbocycles. The Hall–Kier alpha value is -3.72. The van der Waals surface area contributed by atoms with Gasteiger partial charge in [-0.2, -0.15) is 0 Å². The van der Waals surface area contributed by atoms with E-state index in [4.69, 9.17) is 0 Å². The van der Waals surface area contributed by atoms with E-state index >= 15 is 0 Å². The molecule has 3 aromatic rings. The molecule has 30 heavy (non-hydrogen) atoms. The average molecular weight is 425 g/mol. The summed E-state index contributed by atoms with van der Waals surface area (Å²) in [6.45, 7) is 0.415. The van der Waals surface area contributed by atoms with Crippen molar-refractivity contribution in [1.82, 2.24) is 4.90 Å². The number of anilines is 1. The maximum absolute atomic E-state index is 12.7. The molecule has 0 bridgehead atoms. The van der Waals surface area contributed by atoms with Crippen LogP contribution < -0.4 is 4.72 Å². The Labute approximate surface area is 174 Å². The SMILES string of the molecule is CN(Cc1ccccc1)C(=O)c1cccc(NS(=O)(=O)c2ccc([N+](=O)[O-])cc2)c1. The molecule has 0 aliphatic heterocycles. The monoisotopic (exact) mass is 425 g/mol. The lowest BCUT2D eigenvalue weighted by atomic mass is 10.1. The fourth-order valence-electron chi connectivity index (χ4n) is 2.83. The van der Waals surface area contributed by atoms with E-state index in [2.05, 4.69) is 4.72 Å². The van der Waals surface area contributed by atoms with Crippen molar-refractivity contribution in [2.24, 2.45) is 0 Å². The van der Waals surface area contributed by atoms with Crippen molar-refractivity contribution in [3.63, 3.8) is 0 Å². The summed E-state index contributed by atoms with van der Waals surface area (Å²) in [5.41, 5.74) is 1.32. The van der Waals surface area contributed by atoms with E-state index in [1.165, 1.54) is 12.1 Å². The van der Waals surface area contributed by atoms with E-state index in [1.54, 1.807) is 24.1 Å². The van der Waals surface area contributed by atoms with Gasteiger partial charge in [0.25, 0.3) is 21.6 Å². The molecule has 0 atom stereocenters. The fourth-order valence-corrected chi connectivity index (χ4v) is 3.88. The second-order valence-corrected chi connectivity index (χ2v) is 8.27. The summed E-state index contributed by atoms with van der Waals surface area (Å²) in [5.74, 6) is -0.254. The van der Waals surface area contributed by atoms with Gasteiger partial charge in [-0.05, 0) is 35.9 Å². The maximum Gasteiger partial charge on any atom is 0.269 e. The summed E-state index contributed by atoms with van der Waals surface area (Å²) in [6, 6.07) is 20.2. The Morgan fingerprint density at radius 2 is 1.67 bits per heavy atom. The summed E-state index contributed by atoms with van der Waals surface area (Å²) >= 11 is 0. The largest absolute Gasteiger partial charge is 0.337 e. The quantitative estimate of drug-likeness (QED) is 0.459. The van der Waals surface area contributed by atoms with Crippen molar-refractivity contribution >= 4 is 27.3 Å². The molecular weight excluding hydrogens is 406 g/mol. The van der Waals surface area contributed by atoms with E-state index in [0.717, 1.165) is 29.8 Å². The Morgan fingerprint density at radius 3 is 2.30 bits per heavy atom. The topological polar surface area (TPSA) is 110 Å². The van der Waals surface area contributed by atoms with Gasteiger partial charge in [-0.15, -0.1) is 0 Å². The van der Waals surface area contributed by atoms with Gasteiger partial charge in [0.2, 0.25) is 0 Å². The molecular formula is C21H19N3O5S. The van der Waals surface area contributed by atoms with Crippen LogP contribution >= 0.6 is 0 Å². The number of sulfonamides is 1. The third-order valence-corrected chi connectivity index (χ3v) is 5.73. The van der Waals surface area contributed by atoms with Crippen molar-refractivity contribution in [2.45, 2.75) is 11.4 Å². The zero-order chi connectivity index (χ0) is 21.7. The number of nitro benzene ring substituents is 1. The second-order valence-electron chi connectivity index (χ2n) is 6.58. The molecule has 8 nitrogen and oxygen atoms in total. The third-order valence-electron chi connectivity index (χ3n) is 4.33. The second kappa shape index (κ2) is 8.75. The van der Waals surface area contributed by atoms with Crippen molar-refractivity contribution in [3.8, 4) is 0 Å². The molecule has 3 aromatic carbocycles. The first-order valence-corrected chi connectivity index (χ1v) is 10.4. The molecule has 0 saturated heterocycles. The number of nitrogens with zero attached hydrogens (tertiary/aromatic N) is 2. The molecule has 0 aromatic heterocycles. The Balaban J connectivity index is 1.76. The van der Waals surface area contributed by atoms with Gasteiger partial charge in [-0.3, -0.25) is 19.6 Å². The van der Waals surface area contributed by atoms with Gasteiger partial charge in [0.15, 0.2) is 0 Å². The van der Waals surface area contributed by atoms with Crippen molar-refractivity contribution < 1.29 is 18.1 Å². The number of nitrogens with one attached hydrogen (secondary N) is 1. The van der Waals surface area contributed by atoms with Gasteiger partial charge in [0, 0.05) is 37.0 Å². The highest BCUT2D eigenvalue weighted by Crippen LogP contribution is 2.20. The van der Waals surface area contributed by atoms with Crippen LogP contribution in [-0.4, -0.2) is 31.2 Å². The molecule has 0 fully saturated rings. The molecule has 9 heteroatoms. The number of amides is 1. The van der Waals surface area contributed by atoms with Crippen LogP contribution in [-0.2, 0) is 16.6 Å². The molecule has 0 aliphatic rings. The van der Waals surface area contributed by atoms with Crippen LogP contribution in [0, 0.1) is 10.1 Å². The molecule has 0 unspecified atom stereocenters. The van der Waals surface area contributed by atoms with Crippen LogP contribution in [0.1, 0.15) is 15.9 Å². The summed E-state index contributed by atoms with van der Waals surface area (Å²) in [7, 11) is -2.29. The van der Waals surface area contributed by atoms with Gasteiger partial charge in [-0.25, -0.2) is 8.42 Å². The van der Waals surface area contributed by atoms with Gasteiger partial charge in [0.1, 0.15) is 0 Å². The van der Waals surface area contributed by atoms with Crippen molar-refractivity contribution in [2.75, 3.05) is 11.8 Å². The number of carbonyl (C=O) groups is 1. The van der Waals surface area contributed by atoms with E-state index in [1.807, 2.05) is 30.3 Å². The highest BCUT2D eigenvalue weighted by Gasteiger charge is 2.18. The summed E-state index contributed by atoms with van der Waals surface area (Å²) in [5, 5.41) is 10.7. The minimum absolute atomic E-state index is 0.119. The molecule has 1 amide bonds. The first kappa shape index (κ1) is 21.0. The maximum atomic E-state index is 12.7. The van der Waals surface area contributed by atoms with E-state index in [-0.39, 0.29) is 22.2 Å². The standard InChI is InChI=1S/C21H19N3O5S/c1-23(15-16-6-3-2-4-7-16)21(25)17-8-5-9-18(14-17)22-30(28,29)20-12-10-19(11-13-20)24(26)27/h2-14,22H,15H2,1H3. The number of hydrogen-bond acceptors (Lipinski definition) is 5. The predicted molar refractivity (Wildman–Crippen MR) is 113 cm³/mol. The smallest absolute Gasteiger partial charge is 0.269 e. The first-order valence-electron chi connectivity index (χ1n) is 8.93. The van der Waals surface area contributed by atoms with Gasteiger partial charge >= 0.3 is 0 Å². The van der Waals surface area contributed by atoms with Crippen LogP contribution in [0.2, 0.25) is 0 Å². The number of non-ortho nitro benzene ring substituents is 1. The van der Waals surface area contributed by atoms with Crippen molar-refractivity contribution in [1.29, 1.82) is 0 Å². The minimum atomic E-state index is -3.96. The predicted octanol–water partition coefficient (Wildman–Crippen LogP) is 3.67. The average Bonchev–Trinajstić information content (AvgIpc) is 2.74. The van der Waals surface area contributed by atoms with Crippen LogP contribution in [0.25, 0.3) is 0 Å². The van der Waals surface area contributed by atoms with Gasteiger partial charge in [0.05, 0.1) is 9.82 Å².